The maximum absolute atomic E-state index is 9.96. The largest absolute Gasteiger partial charge is 0.508 e. The van der Waals surface area contributed by atoms with Gasteiger partial charge in [-0.3, -0.25) is 0 Å². The molecular weight excluding hydrogens is 258 g/mol. The third kappa shape index (κ3) is 4.33. The summed E-state index contributed by atoms with van der Waals surface area (Å²) in [5, 5.41) is 13.5. The van der Waals surface area contributed by atoms with Gasteiger partial charge >= 0.3 is 0 Å². The predicted molar refractivity (Wildman–Crippen MR) is 88.6 cm³/mol. The van der Waals surface area contributed by atoms with E-state index in [0.717, 1.165) is 24.9 Å². The van der Waals surface area contributed by atoms with Crippen molar-refractivity contribution in [3.8, 4) is 5.75 Å². The molecule has 2 aromatic carbocycles. The van der Waals surface area contributed by atoms with Crippen molar-refractivity contribution >= 4 is 0 Å². The van der Waals surface area contributed by atoms with Crippen LogP contribution in [0.2, 0.25) is 0 Å². The number of benzene rings is 2. The van der Waals surface area contributed by atoms with E-state index in [0.29, 0.717) is 11.7 Å². The summed E-state index contributed by atoms with van der Waals surface area (Å²) in [5.41, 5.74) is 2.38. The van der Waals surface area contributed by atoms with Gasteiger partial charge in [0.25, 0.3) is 0 Å². The second-order valence-electron chi connectivity index (χ2n) is 5.57. The van der Waals surface area contributed by atoms with Crippen molar-refractivity contribution in [2.75, 3.05) is 6.54 Å². The Morgan fingerprint density at radius 2 is 1.67 bits per heavy atom. The third-order valence-corrected chi connectivity index (χ3v) is 4.06. The van der Waals surface area contributed by atoms with Gasteiger partial charge in [-0.25, -0.2) is 0 Å². The quantitative estimate of drug-likeness (QED) is 0.776. The van der Waals surface area contributed by atoms with Crippen LogP contribution in [0.15, 0.2) is 54.6 Å². The smallest absolute Gasteiger partial charge is 0.120 e. The summed E-state index contributed by atoms with van der Waals surface area (Å²) in [6.45, 7) is 5.35. The molecule has 0 bridgehead atoms. The molecule has 0 aliphatic rings. The van der Waals surface area contributed by atoms with Crippen molar-refractivity contribution < 1.29 is 5.11 Å². The lowest BCUT2D eigenvalue weighted by atomic mass is 9.97. The first-order chi connectivity index (χ1) is 10.2. The lowest BCUT2D eigenvalue weighted by Gasteiger charge is -2.20. The summed E-state index contributed by atoms with van der Waals surface area (Å²) in [6.07, 6.45) is 2.06. The highest BCUT2D eigenvalue weighted by molar-refractivity contribution is 5.34. The molecule has 0 aromatic heterocycles. The highest BCUT2D eigenvalue weighted by Gasteiger charge is 2.13. The third-order valence-electron chi connectivity index (χ3n) is 4.06. The summed E-state index contributed by atoms with van der Waals surface area (Å²) >= 11 is 0. The molecule has 0 fully saturated rings. The molecule has 112 valence electrons. The highest BCUT2D eigenvalue weighted by Crippen LogP contribution is 2.26. The molecule has 0 spiro atoms. The fraction of sp³-hybridized carbons (Fsp3) is 0.368. The van der Waals surface area contributed by atoms with Crippen LogP contribution in [-0.4, -0.2) is 11.7 Å². The van der Waals surface area contributed by atoms with E-state index in [-0.39, 0.29) is 6.04 Å². The van der Waals surface area contributed by atoms with E-state index < -0.39 is 0 Å². The first kappa shape index (κ1) is 15.6. The van der Waals surface area contributed by atoms with Crippen LogP contribution < -0.4 is 5.32 Å². The van der Waals surface area contributed by atoms with Crippen LogP contribution in [0.4, 0.5) is 0 Å². The van der Waals surface area contributed by atoms with Gasteiger partial charge in [0.2, 0.25) is 0 Å². The number of hydrogen-bond donors (Lipinski definition) is 2. The molecular formula is C19H25NO. The van der Waals surface area contributed by atoms with Crippen molar-refractivity contribution in [3.05, 3.63) is 65.7 Å². The molecule has 2 rings (SSSR count). The number of nitrogens with one attached hydrogen (secondary N) is 1. The minimum atomic E-state index is 0.217. The minimum absolute atomic E-state index is 0.217. The van der Waals surface area contributed by atoms with Crippen LogP contribution in [0.25, 0.3) is 0 Å². The lowest BCUT2D eigenvalue weighted by Crippen LogP contribution is -2.23. The fourth-order valence-electron chi connectivity index (χ4n) is 2.68. The monoisotopic (exact) mass is 283 g/mol. The Morgan fingerprint density at radius 1 is 1.00 bits per heavy atom. The molecule has 21 heavy (non-hydrogen) atoms. The zero-order valence-corrected chi connectivity index (χ0v) is 12.9. The van der Waals surface area contributed by atoms with Crippen LogP contribution >= 0.6 is 0 Å². The van der Waals surface area contributed by atoms with Gasteiger partial charge in [-0.1, -0.05) is 62.4 Å². The molecule has 0 aliphatic heterocycles. The van der Waals surface area contributed by atoms with Crippen LogP contribution in [0.5, 0.6) is 5.75 Å². The molecule has 0 aliphatic carbocycles. The molecule has 2 atom stereocenters. The summed E-state index contributed by atoms with van der Waals surface area (Å²) in [5.74, 6) is 0.925. The van der Waals surface area contributed by atoms with E-state index in [1.165, 1.54) is 5.56 Å². The van der Waals surface area contributed by atoms with E-state index in [9.17, 15) is 5.11 Å². The van der Waals surface area contributed by atoms with Gasteiger partial charge in [0.1, 0.15) is 5.75 Å². The molecule has 0 radical (unpaired) electrons. The van der Waals surface area contributed by atoms with Gasteiger partial charge in [0.05, 0.1) is 0 Å². The number of phenols is 1. The maximum atomic E-state index is 9.96. The predicted octanol–water partition coefficient (Wildman–Crippen LogP) is 4.63. The van der Waals surface area contributed by atoms with Crippen molar-refractivity contribution in [1.82, 2.24) is 5.32 Å². The van der Waals surface area contributed by atoms with Gasteiger partial charge in [-0.15, -0.1) is 0 Å². The van der Waals surface area contributed by atoms with Gasteiger partial charge < -0.3 is 10.4 Å². The van der Waals surface area contributed by atoms with Gasteiger partial charge in [0, 0.05) is 11.6 Å². The molecule has 0 saturated carbocycles. The second kappa shape index (κ2) is 7.84. The van der Waals surface area contributed by atoms with Crippen LogP contribution in [-0.2, 0) is 0 Å². The summed E-state index contributed by atoms with van der Waals surface area (Å²) in [4.78, 5) is 0. The first-order valence-corrected chi connectivity index (χ1v) is 7.78. The Bertz CT molecular complexity index is 538. The highest BCUT2D eigenvalue weighted by atomic mass is 16.3. The number of phenolic OH excluding ortho intramolecular Hbond substituents is 1. The van der Waals surface area contributed by atoms with E-state index in [1.54, 1.807) is 6.07 Å². The first-order valence-electron chi connectivity index (χ1n) is 7.78. The molecule has 2 heteroatoms. The van der Waals surface area contributed by atoms with E-state index in [1.807, 2.05) is 18.2 Å². The second-order valence-corrected chi connectivity index (χ2v) is 5.57. The number of rotatable bonds is 7. The van der Waals surface area contributed by atoms with Crippen LogP contribution in [0.1, 0.15) is 49.8 Å². The van der Waals surface area contributed by atoms with Crippen molar-refractivity contribution in [2.45, 2.75) is 38.6 Å². The van der Waals surface area contributed by atoms with Gasteiger partial charge in [-0.2, -0.15) is 0 Å². The summed E-state index contributed by atoms with van der Waals surface area (Å²) in [7, 11) is 0. The lowest BCUT2D eigenvalue weighted by molar-refractivity contribution is 0.436. The maximum Gasteiger partial charge on any atom is 0.120 e. The molecule has 0 heterocycles. The average Bonchev–Trinajstić information content (AvgIpc) is 2.53. The Balaban J connectivity index is 1.88. The molecule has 2 unspecified atom stereocenters. The van der Waals surface area contributed by atoms with Crippen LogP contribution in [0.3, 0.4) is 0 Å². The molecule has 2 N–H and O–H groups in total. The Hall–Kier alpha value is -1.80. The normalized spacial score (nSPS) is 13.8. The van der Waals surface area contributed by atoms with E-state index in [2.05, 4.69) is 49.5 Å². The topological polar surface area (TPSA) is 32.3 Å². The van der Waals surface area contributed by atoms with Crippen molar-refractivity contribution in [2.24, 2.45) is 0 Å². The van der Waals surface area contributed by atoms with Gasteiger partial charge in [-0.05, 0) is 36.9 Å². The van der Waals surface area contributed by atoms with E-state index in [4.69, 9.17) is 0 Å². The average molecular weight is 283 g/mol. The molecule has 0 amide bonds. The molecule has 2 nitrogen and oxygen atoms in total. The van der Waals surface area contributed by atoms with Crippen molar-refractivity contribution in [3.63, 3.8) is 0 Å². The number of para-hydroxylation sites is 1. The number of aromatic hydroxyl groups is 1. The Labute approximate surface area is 127 Å². The number of hydrogen-bond acceptors (Lipinski definition) is 2. The van der Waals surface area contributed by atoms with Crippen LogP contribution in [0, 0.1) is 0 Å². The minimum Gasteiger partial charge on any atom is -0.508 e. The zero-order valence-electron chi connectivity index (χ0n) is 12.9. The molecule has 2 aromatic rings. The Kier molecular flexibility index (Phi) is 5.82. The molecule has 0 saturated heterocycles. The Morgan fingerprint density at radius 3 is 2.33 bits per heavy atom. The standard InChI is InChI=1S/C19H25NO/c1-3-18(17-11-7-8-12-19(17)21)20-14-13-15(2)16-9-5-4-6-10-16/h4-12,15,18,20-21H,3,13-14H2,1-2H3. The van der Waals surface area contributed by atoms with E-state index >= 15 is 0 Å². The van der Waals surface area contributed by atoms with Gasteiger partial charge in [0.15, 0.2) is 0 Å². The summed E-state index contributed by atoms with van der Waals surface area (Å²) in [6, 6.07) is 18.4. The SMILES string of the molecule is CCC(NCCC(C)c1ccccc1)c1ccccc1O. The van der Waals surface area contributed by atoms with Crippen molar-refractivity contribution in [1.29, 1.82) is 0 Å². The fourth-order valence-corrected chi connectivity index (χ4v) is 2.68. The summed E-state index contributed by atoms with van der Waals surface area (Å²) < 4.78 is 0. The zero-order chi connectivity index (χ0) is 15.1.